The number of benzene rings is 1. The van der Waals surface area contributed by atoms with Gasteiger partial charge in [0.15, 0.2) is 0 Å². The van der Waals surface area contributed by atoms with Crippen molar-refractivity contribution in [2.75, 3.05) is 6.54 Å². The standard InChI is InChI=1S/C12H19NO2/c1-9(2)13-8-12(15)7-10-4-3-5-11(14)6-10/h3-6,9,12-15H,7-8H2,1-2H3. The van der Waals surface area contributed by atoms with Gasteiger partial charge in [-0.05, 0) is 24.1 Å². The molecule has 0 saturated heterocycles. The Morgan fingerprint density at radius 1 is 1.33 bits per heavy atom. The minimum absolute atomic E-state index is 0.247. The van der Waals surface area contributed by atoms with E-state index in [1.165, 1.54) is 0 Å². The minimum atomic E-state index is -0.408. The molecule has 15 heavy (non-hydrogen) atoms. The monoisotopic (exact) mass is 209 g/mol. The zero-order chi connectivity index (χ0) is 11.3. The lowest BCUT2D eigenvalue weighted by molar-refractivity contribution is 0.169. The third kappa shape index (κ3) is 4.81. The Morgan fingerprint density at radius 2 is 2.07 bits per heavy atom. The molecule has 1 aromatic rings. The highest BCUT2D eigenvalue weighted by Crippen LogP contribution is 2.12. The van der Waals surface area contributed by atoms with Gasteiger partial charge in [0.05, 0.1) is 6.10 Å². The van der Waals surface area contributed by atoms with Crippen molar-refractivity contribution in [2.24, 2.45) is 0 Å². The molecule has 3 nitrogen and oxygen atoms in total. The zero-order valence-electron chi connectivity index (χ0n) is 9.27. The molecule has 1 rings (SSSR count). The Hall–Kier alpha value is -1.06. The number of aliphatic hydroxyl groups excluding tert-OH is 1. The predicted octanol–water partition coefficient (Wildman–Crippen LogP) is 1.29. The molecule has 0 saturated carbocycles. The van der Waals surface area contributed by atoms with E-state index in [2.05, 4.69) is 5.32 Å². The summed E-state index contributed by atoms with van der Waals surface area (Å²) in [6.45, 7) is 4.66. The topological polar surface area (TPSA) is 52.5 Å². The van der Waals surface area contributed by atoms with Crippen LogP contribution >= 0.6 is 0 Å². The fraction of sp³-hybridized carbons (Fsp3) is 0.500. The molecule has 1 atom stereocenters. The maximum Gasteiger partial charge on any atom is 0.115 e. The largest absolute Gasteiger partial charge is 0.508 e. The molecule has 0 heterocycles. The summed E-state index contributed by atoms with van der Waals surface area (Å²) in [5.74, 6) is 0.247. The Balaban J connectivity index is 2.40. The molecule has 0 spiro atoms. The summed E-state index contributed by atoms with van der Waals surface area (Å²) < 4.78 is 0. The fourth-order valence-corrected chi connectivity index (χ4v) is 1.40. The van der Waals surface area contributed by atoms with Crippen molar-refractivity contribution in [1.29, 1.82) is 0 Å². The summed E-state index contributed by atoms with van der Waals surface area (Å²) in [6, 6.07) is 7.37. The van der Waals surface area contributed by atoms with Crippen molar-refractivity contribution in [3.05, 3.63) is 29.8 Å². The Kier molecular flexibility index (Phi) is 4.59. The Morgan fingerprint density at radius 3 is 2.67 bits per heavy atom. The zero-order valence-corrected chi connectivity index (χ0v) is 9.27. The van der Waals surface area contributed by atoms with Gasteiger partial charge in [0.1, 0.15) is 5.75 Å². The number of rotatable bonds is 5. The van der Waals surface area contributed by atoms with Gasteiger partial charge in [-0.25, -0.2) is 0 Å². The van der Waals surface area contributed by atoms with E-state index in [1.54, 1.807) is 18.2 Å². The molecule has 0 aromatic heterocycles. The van der Waals surface area contributed by atoms with E-state index in [4.69, 9.17) is 0 Å². The van der Waals surface area contributed by atoms with Gasteiger partial charge in [-0.1, -0.05) is 26.0 Å². The van der Waals surface area contributed by atoms with Crippen molar-refractivity contribution in [1.82, 2.24) is 5.32 Å². The number of nitrogens with one attached hydrogen (secondary N) is 1. The normalized spacial score (nSPS) is 13.1. The number of hydrogen-bond donors (Lipinski definition) is 3. The first-order valence-electron chi connectivity index (χ1n) is 5.27. The summed E-state index contributed by atoms with van der Waals surface area (Å²) in [4.78, 5) is 0. The number of phenols is 1. The number of phenolic OH excluding ortho intramolecular Hbond substituents is 1. The highest BCUT2D eigenvalue weighted by Gasteiger charge is 2.06. The van der Waals surface area contributed by atoms with Crippen LogP contribution in [0.5, 0.6) is 5.75 Å². The van der Waals surface area contributed by atoms with Gasteiger partial charge in [0, 0.05) is 12.6 Å². The lowest BCUT2D eigenvalue weighted by Gasteiger charge is -2.14. The highest BCUT2D eigenvalue weighted by atomic mass is 16.3. The van der Waals surface area contributed by atoms with E-state index in [0.29, 0.717) is 19.0 Å². The third-order valence-corrected chi connectivity index (χ3v) is 2.14. The molecule has 3 heteroatoms. The smallest absolute Gasteiger partial charge is 0.115 e. The first-order valence-corrected chi connectivity index (χ1v) is 5.27. The van der Waals surface area contributed by atoms with Gasteiger partial charge < -0.3 is 15.5 Å². The summed E-state index contributed by atoms with van der Waals surface area (Å²) in [6.07, 6.45) is 0.155. The summed E-state index contributed by atoms with van der Waals surface area (Å²) in [5.41, 5.74) is 0.952. The van der Waals surface area contributed by atoms with Gasteiger partial charge in [-0.3, -0.25) is 0 Å². The second-order valence-electron chi connectivity index (χ2n) is 4.09. The van der Waals surface area contributed by atoms with Gasteiger partial charge in [-0.2, -0.15) is 0 Å². The molecule has 0 bridgehead atoms. The van der Waals surface area contributed by atoms with Crippen LogP contribution in [0, 0.1) is 0 Å². The minimum Gasteiger partial charge on any atom is -0.508 e. The first kappa shape index (κ1) is 12.0. The van der Waals surface area contributed by atoms with Gasteiger partial charge in [-0.15, -0.1) is 0 Å². The van der Waals surface area contributed by atoms with Gasteiger partial charge in [0.2, 0.25) is 0 Å². The first-order chi connectivity index (χ1) is 7.08. The molecular formula is C12H19NO2. The van der Waals surface area contributed by atoms with E-state index in [0.717, 1.165) is 5.56 Å². The molecule has 1 unspecified atom stereocenters. The average Bonchev–Trinajstić information content (AvgIpc) is 2.15. The summed E-state index contributed by atoms with van der Waals surface area (Å²) >= 11 is 0. The third-order valence-electron chi connectivity index (χ3n) is 2.14. The summed E-state index contributed by atoms with van der Waals surface area (Å²) in [7, 11) is 0. The van der Waals surface area contributed by atoms with Gasteiger partial charge >= 0.3 is 0 Å². The molecule has 0 radical (unpaired) electrons. The molecular weight excluding hydrogens is 190 g/mol. The number of aliphatic hydroxyl groups is 1. The van der Waals surface area contributed by atoms with Crippen molar-refractivity contribution >= 4 is 0 Å². The van der Waals surface area contributed by atoms with Gasteiger partial charge in [0.25, 0.3) is 0 Å². The molecule has 3 N–H and O–H groups in total. The second kappa shape index (κ2) is 5.73. The Labute approximate surface area is 90.8 Å². The highest BCUT2D eigenvalue weighted by molar-refractivity contribution is 5.27. The maximum atomic E-state index is 9.70. The van der Waals surface area contributed by atoms with E-state index in [9.17, 15) is 10.2 Å². The van der Waals surface area contributed by atoms with Crippen LogP contribution in [0.3, 0.4) is 0 Å². The van der Waals surface area contributed by atoms with Crippen molar-refractivity contribution in [3.8, 4) is 5.75 Å². The lowest BCUT2D eigenvalue weighted by Crippen LogP contribution is -2.32. The summed E-state index contributed by atoms with van der Waals surface area (Å²) in [5, 5.41) is 22.1. The van der Waals surface area contributed by atoms with Crippen LogP contribution in [0.25, 0.3) is 0 Å². The predicted molar refractivity (Wildman–Crippen MR) is 61.0 cm³/mol. The van der Waals surface area contributed by atoms with Crippen molar-refractivity contribution in [2.45, 2.75) is 32.4 Å². The van der Waals surface area contributed by atoms with E-state index >= 15 is 0 Å². The molecule has 84 valence electrons. The molecule has 1 aromatic carbocycles. The van der Waals surface area contributed by atoms with Crippen LogP contribution in [0.2, 0.25) is 0 Å². The van der Waals surface area contributed by atoms with Crippen LogP contribution in [-0.2, 0) is 6.42 Å². The van der Waals surface area contributed by atoms with Crippen LogP contribution < -0.4 is 5.32 Å². The lowest BCUT2D eigenvalue weighted by atomic mass is 10.1. The fourth-order valence-electron chi connectivity index (χ4n) is 1.40. The molecule has 0 fully saturated rings. The molecule has 0 aliphatic carbocycles. The van der Waals surface area contributed by atoms with E-state index in [-0.39, 0.29) is 5.75 Å². The number of aromatic hydroxyl groups is 1. The van der Waals surface area contributed by atoms with E-state index < -0.39 is 6.10 Å². The molecule has 0 aliphatic heterocycles. The van der Waals surface area contributed by atoms with Crippen LogP contribution in [0.15, 0.2) is 24.3 Å². The van der Waals surface area contributed by atoms with Crippen LogP contribution in [0.1, 0.15) is 19.4 Å². The average molecular weight is 209 g/mol. The Bertz CT molecular complexity index is 299. The second-order valence-corrected chi connectivity index (χ2v) is 4.09. The van der Waals surface area contributed by atoms with E-state index in [1.807, 2.05) is 19.9 Å². The van der Waals surface area contributed by atoms with Crippen molar-refractivity contribution < 1.29 is 10.2 Å². The van der Waals surface area contributed by atoms with Crippen molar-refractivity contribution in [3.63, 3.8) is 0 Å². The SMILES string of the molecule is CC(C)NCC(O)Cc1cccc(O)c1. The number of hydrogen-bond acceptors (Lipinski definition) is 3. The van der Waals surface area contributed by atoms with Crippen LogP contribution in [-0.4, -0.2) is 28.9 Å². The maximum absolute atomic E-state index is 9.70. The van der Waals surface area contributed by atoms with Crippen LogP contribution in [0.4, 0.5) is 0 Å². The quantitative estimate of drug-likeness (QED) is 0.685. The molecule has 0 amide bonds. The molecule has 0 aliphatic rings.